The van der Waals surface area contributed by atoms with Crippen molar-refractivity contribution in [1.29, 1.82) is 0 Å². The number of rotatable bonds is 7. The molecular formula is C14H26N2O3. The number of carboxylic acid groups (broad SMARTS) is 1. The average Bonchev–Trinajstić information content (AvgIpc) is 2.81. The second-order valence-electron chi connectivity index (χ2n) is 5.59. The quantitative estimate of drug-likeness (QED) is 0.736. The van der Waals surface area contributed by atoms with Gasteiger partial charge in [0.25, 0.3) is 0 Å². The van der Waals surface area contributed by atoms with Crippen LogP contribution in [0.2, 0.25) is 0 Å². The Kier molecular flexibility index (Phi) is 5.79. The van der Waals surface area contributed by atoms with E-state index in [4.69, 9.17) is 5.73 Å². The van der Waals surface area contributed by atoms with E-state index in [-0.39, 0.29) is 5.91 Å². The van der Waals surface area contributed by atoms with E-state index in [1.54, 1.807) is 4.90 Å². The van der Waals surface area contributed by atoms with Gasteiger partial charge in [-0.25, -0.2) is 0 Å². The van der Waals surface area contributed by atoms with Crippen LogP contribution < -0.4 is 5.73 Å². The van der Waals surface area contributed by atoms with Crippen molar-refractivity contribution in [2.24, 2.45) is 11.1 Å². The van der Waals surface area contributed by atoms with Gasteiger partial charge >= 0.3 is 5.97 Å². The monoisotopic (exact) mass is 270 g/mol. The van der Waals surface area contributed by atoms with E-state index in [1.807, 2.05) is 6.92 Å². The second kappa shape index (κ2) is 6.89. The molecule has 1 unspecified atom stereocenters. The molecule has 0 aromatic carbocycles. The lowest BCUT2D eigenvalue weighted by Crippen LogP contribution is -2.44. The summed E-state index contributed by atoms with van der Waals surface area (Å²) in [5.41, 5.74) is 5.13. The second-order valence-corrected chi connectivity index (χ2v) is 5.59. The van der Waals surface area contributed by atoms with Gasteiger partial charge in [0.2, 0.25) is 5.91 Å². The van der Waals surface area contributed by atoms with Crippen LogP contribution in [0.3, 0.4) is 0 Å². The number of amides is 1. The summed E-state index contributed by atoms with van der Waals surface area (Å²) in [5, 5.41) is 9.41. The van der Waals surface area contributed by atoms with Crippen LogP contribution >= 0.6 is 0 Å². The topological polar surface area (TPSA) is 83.6 Å². The minimum atomic E-state index is -0.785. The lowest BCUT2D eigenvalue weighted by molar-refractivity contribution is -0.149. The van der Waals surface area contributed by atoms with E-state index in [1.165, 1.54) is 0 Å². The van der Waals surface area contributed by atoms with E-state index in [9.17, 15) is 14.7 Å². The van der Waals surface area contributed by atoms with Gasteiger partial charge in [-0.2, -0.15) is 0 Å². The molecule has 2 atom stereocenters. The molecule has 0 radical (unpaired) electrons. The fourth-order valence-electron chi connectivity index (χ4n) is 2.81. The Bertz CT molecular complexity index is 333. The van der Waals surface area contributed by atoms with Crippen LogP contribution in [0.4, 0.5) is 0 Å². The smallest absolute Gasteiger partial charge is 0.311 e. The molecule has 1 heterocycles. The fourth-order valence-corrected chi connectivity index (χ4v) is 2.81. The maximum atomic E-state index is 12.2. The molecule has 1 rings (SSSR count). The Balaban J connectivity index is 2.63. The highest BCUT2D eigenvalue weighted by atomic mass is 16.4. The zero-order valence-electron chi connectivity index (χ0n) is 12.0. The normalized spacial score (nSPS) is 24.5. The largest absolute Gasteiger partial charge is 0.481 e. The molecule has 1 aliphatic heterocycles. The number of nitrogens with zero attached hydrogens (tertiary/aromatic N) is 1. The van der Waals surface area contributed by atoms with Gasteiger partial charge in [0.1, 0.15) is 0 Å². The third kappa shape index (κ3) is 3.69. The molecule has 110 valence electrons. The summed E-state index contributed by atoms with van der Waals surface area (Å²) < 4.78 is 0. The summed E-state index contributed by atoms with van der Waals surface area (Å²) in [5.74, 6) is -0.876. The fraction of sp³-hybridized carbons (Fsp3) is 0.857. The van der Waals surface area contributed by atoms with Crippen molar-refractivity contribution in [2.45, 2.75) is 58.4 Å². The Morgan fingerprint density at radius 3 is 2.58 bits per heavy atom. The lowest BCUT2D eigenvalue weighted by Gasteiger charge is -2.25. The highest BCUT2D eigenvalue weighted by molar-refractivity contribution is 5.84. The van der Waals surface area contributed by atoms with Gasteiger partial charge in [-0.05, 0) is 19.3 Å². The number of carbonyl (C=O) groups is 2. The Hall–Kier alpha value is -1.10. The summed E-state index contributed by atoms with van der Waals surface area (Å²) in [6.07, 6.45) is 4.60. The van der Waals surface area contributed by atoms with Crippen molar-refractivity contribution < 1.29 is 14.7 Å². The third-order valence-corrected chi connectivity index (χ3v) is 4.03. The van der Waals surface area contributed by atoms with Crippen LogP contribution in [0.15, 0.2) is 0 Å². The van der Waals surface area contributed by atoms with Gasteiger partial charge in [-0.15, -0.1) is 0 Å². The minimum absolute atomic E-state index is 0.0901. The summed E-state index contributed by atoms with van der Waals surface area (Å²) in [6, 6.07) is -0.480. The van der Waals surface area contributed by atoms with Gasteiger partial charge < -0.3 is 15.7 Å². The van der Waals surface area contributed by atoms with Crippen molar-refractivity contribution in [3.63, 3.8) is 0 Å². The highest BCUT2D eigenvalue weighted by Gasteiger charge is 2.45. The van der Waals surface area contributed by atoms with Gasteiger partial charge in [0.05, 0.1) is 11.5 Å². The summed E-state index contributed by atoms with van der Waals surface area (Å²) in [4.78, 5) is 25.3. The SMILES string of the molecule is CCCC[C@H](N)C(=O)N1CCC(CCC)(C(=O)O)C1. The van der Waals surface area contributed by atoms with Crippen LogP contribution in [0.5, 0.6) is 0 Å². The molecule has 0 aromatic rings. The molecule has 1 amide bonds. The van der Waals surface area contributed by atoms with Gasteiger partial charge in [-0.1, -0.05) is 33.1 Å². The number of carbonyl (C=O) groups excluding carboxylic acids is 1. The Labute approximate surface area is 115 Å². The predicted molar refractivity (Wildman–Crippen MR) is 73.7 cm³/mol. The number of unbranched alkanes of at least 4 members (excludes halogenated alkanes) is 1. The van der Waals surface area contributed by atoms with Crippen LogP contribution in [0.25, 0.3) is 0 Å². The number of hydrogen-bond donors (Lipinski definition) is 2. The maximum Gasteiger partial charge on any atom is 0.311 e. The van der Waals surface area contributed by atoms with Crippen molar-refractivity contribution in [3.8, 4) is 0 Å². The molecular weight excluding hydrogens is 244 g/mol. The molecule has 0 saturated carbocycles. The number of hydrogen-bond acceptors (Lipinski definition) is 3. The molecule has 3 N–H and O–H groups in total. The molecule has 1 aliphatic rings. The number of likely N-dealkylation sites (tertiary alicyclic amines) is 1. The Morgan fingerprint density at radius 2 is 2.05 bits per heavy atom. The summed E-state index contributed by atoms with van der Waals surface area (Å²) >= 11 is 0. The number of carboxylic acids is 1. The van der Waals surface area contributed by atoms with E-state index in [0.29, 0.717) is 32.4 Å². The number of aliphatic carboxylic acids is 1. The molecule has 0 aromatic heterocycles. The molecule has 0 aliphatic carbocycles. The number of nitrogens with two attached hydrogens (primary N) is 1. The van der Waals surface area contributed by atoms with E-state index in [2.05, 4.69) is 6.92 Å². The first-order valence-electron chi connectivity index (χ1n) is 7.24. The summed E-state index contributed by atoms with van der Waals surface area (Å²) in [7, 11) is 0. The van der Waals surface area contributed by atoms with Crippen molar-refractivity contribution >= 4 is 11.9 Å². The first-order chi connectivity index (χ1) is 8.96. The minimum Gasteiger partial charge on any atom is -0.481 e. The van der Waals surface area contributed by atoms with E-state index in [0.717, 1.165) is 19.3 Å². The highest BCUT2D eigenvalue weighted by Crippen LogP contribution is 2.35. The first kappa shape index (κ1) is 16.0. The van der Waals surface area contributed by atoms with Gasteiger partial charge in [-0.3, -0.25) is 9.59 Å². The average molecular weight is 270 g/mol. The van der Waals surface area contributed by atoms with Crippen molar-refractivity contribution in [1.82, 2.24) is 4.90 Å². The van der Waals surface area contributed by atoms with Crippen molar-refractivity contribution in [3.05, 3.63) is 0 Å². The van der Waals surface area contributed by atoms with Crippen LogP contribution in [0.1, 0.15) is 52.4 Å². The maximum absolute atomic E-state index is 12.2. The molecule has 5 heteroatoms. The van der Waals surface area contributed by atoms with Crippen molar-refractivity contribution in [2.75, 3.05) is 13.1 Å². The Morgan fingerprint density at radius 1 is 1.37 bits per heavy atom. The van der Waals surface area contributed by atoms with E-state index < -0.39 is 17.4 Å². The first-order valence-corrected chi connectivity index (χ1v) is 7.24. The zero-order valence-corrected chi connectivity index (χ0v) is 12.0. The third-order valence-electron chi connectivity index (χ3n) is 4.03. The molecule has 5 nitrogen and oxygen atoms in total. The predicted octanol–water partition coefficient (Wildman–Crippen LogP) is 1.61. The molecule has 0 bridgehead atoms. The van der Waals surface area contributed by atoms with Crippen LogP contribution in [-0.2, 0) is 9.59 Å². The summed E-state index contributed by atoms with van der Waals surface area (Å²) in [6.45, 7) is 4.87. The standard InChI is InChI=1S/C14H26N2O3/c1-3-5-6-11(15)12(17)16-9-8-14(10-16,7-4-2)13(18)19/h11H,3-10,15H2,1-2H3,(H,18,19)/t11-,14?/m0/s1. The van der Waals surface area contributed by atoms with E-state index >= 15 is 0 Å². The molecule has 1 saturated heterocycles. The zero-order chi connectivity index (χ0) is 14.5. The van der Waals surface area contributed by atoms with Gasteiger partial charge in [0.15, 0.2) is 0 Å². The lowest BCUT2D eigenvalue weighted by atomic mass is 9.83. The molecule has 19 heavy (non-hydrogen) atoms. The van der Waals surface area contributed by atoms with Crippen LogP contribution in [0, 0.1) is 5.41 Å². The molecule has 0 spiro atoms. The van der Waals surface area contributed by atoms with Crippen LogP contribution in [-0.4, -0.2) is 41.0 Å². The van der Waals surface area contributed by atoms with Gasteiger partial charge in [0, 0.05) is 13.1 Å². The molecule has 1 fully saturated rings.